The quantitative estimate of drug-likeness (QED) is 0.790. The van der Waals surface area contributed by atoms with E-state index in [0.29, 0.717) is 4.90 Å². The van der Waals surface area contributed by atoms with Gasteiger partial charge >= 0.3 is 5.97 Å². The Morgan fingerprint density at radius 2 is 1.71 bits per heavy atom. The molecule has 1 amide bonds. The van der Waals surface area contributed by atoms with Crippen molar-refractivity contribution in [1.29, 1.82) is 0 Å². The first-order chi connectivity index (χ1) is 11.5. The molecule has 2 aromatic rings. The van der Waals surface area contributed by atoms with Crippen molar-refractivity contribution >= 4 is 34.3 Å². The van der Waals surface area contributed by atoms with Crippen molar-refractivity contribution in [3.63, 3.8) is 0 Å². The molecular weight excluding hydrogens is 350 g/mol. The second-order valence-electron chi connectivity index (χ2n) is 5.00. The summed E-state index contributed by atoms with van der Waals surface area (Å²) in [7, 11) is -1.32. The molecule has 0 radical (unpaired) electrons. The fourth-order valence-electron chi connectivity index (χ4n) is 2.05. The van der Waals surface area contributed by atoms with E-state index in [9.17, 15) is 18.9 Å². The molecule has 2 aromatic carbocycles. The van der Waals surface area contributed by atoms with Crippen LogP contribution in [0.2, 0.25) is 5.02 Å². The van der Waals surface area contributed by atoms with E-state index in [0.717, 1.165) is 0 Å². The van der Waals surface area contributed by atoms with E-state index in [1.807, 2.05) is 6.07 Å². The highest BCUT2D eigenvalue weighted by atomic mass is 35.5. The molecule has 0 aliphatic rings. The highest BCUT2D eigenvalue weighted by Gasteiger charge is 2.22. The average Bonchev–Trinajstić information content (AvgIpc) is 2.59. The first-order valence-electron chi connectivity index (χ1n) is 7.20. The van der Waals surface area contributed by atoms with Crippen LogP contribution in [0.25, 0.3) is 0 Å². The maximum Gasteiger partial charge on any atom is 0.326 e. The van der Waals surface area contributed by atoms with Crippen LogP contribution in [0.15, 0.2) is 59.5 Å². The summed E-state index contributed by atoms with van der Waals surface area (Å²) in [5.41, 5.74) is 0.203. The van der Waals surface area contributed by atoms with Crippen LogP contribution in [0.3, 0.4) is 0 Å². The van der Waals surface area contributed by atoms with Crippen molar-refractivity contribution in [3.8, 4) is 0 Å². The molecule has 2 rings (SSSR count). The van der Waals surface area contributed by atoms with Crippen molar-refractivity contribution in [1.82, 2.24) is 5.32 Å². The fourth-order valence-corrected chi connectivity index (χ4v) is 3.42. The number of rotatable bonds is 7. The Labute approximate surface area is 147 Å². The molecule has 0 saturated carbocycles. The molecular formula is C17H16ClNO4S. The Kier molecular flexibility index (Phi) is 6.52. The minimum absolute atomic E-state index is 0.0486. The molecule has 0 bridgehead atoms. The number of benzene rings is 2. The van der Waals surface area contributed by atoms with Gasteiger partial charge < -0.3 is 10.4 Å². The summed E-state index contributed by atoms with van der Waals surface area (Å²) in [5, 5.41) is 11.9. The van der Waals surface area contributed by atoms with Crippen LogP contribution in [0.1, 0.15) is 16.8 Å². The molecule has 0 aromatic heterocycles. The Bertz CT molecular complexity index is 751. The largest absolute Gasteiger partial charge is 0.480 e. The number of aliphatic carboxylic acids is 1. The third-order valence-electron chi connectivity index (χ3n) is 3.32. The van der Waals surface area contributed by atoms with Gasteiger partial charge in [0.05, 0.1) is 21.4 Å². The van der Waals surface area contributed by atoms with E-state index in [-0.39, 0.29) is 22.8 Å². The van der Waals surface area contributed by atoms with Gasteiger partial charge in [-0.3, -0.25) is 9.00 Å². The Morgan fingerprint density at radius 1 is 1.08 bits per heavy atom. The lowest BCUT2D eigenvalue weighted by Gasteiger charge is -2.15. The monoisotopic (exact) mass is 365 g/mol. The van der Waals surface area contributed by atoms with E-state index >= 15 is 0 Å². The summed E-state index contributed by atoms with van der Waals surface area (Å²) in [6, 6.07) is 14.0. The van der Waals surface area contributed by atoms with Crippen molar-refractivity contribution in [2.45, 2.75) is 17.4 Å². The normalized spacial score (nSPS) is 13.0. The molecule has 0 saturated heterocycles. The number of nitrogens with one attached hydrogen (secondary N) is 1. The first-order valence-corrected chi connectivity index (χ1v) is 8.90. The molecule has 0 aliphatic carbocycles. The van der Waals surface area contributed by atoms with E-state index in [4.69, 9.17) is 11.6 Å². The SMILES string of the molecule is O=C(N[C@H](CC[S@](=O)c1ccccc1)C(=O)O)c1ccccc1Cl. The standard InChI is InChI=1S/C17H16ClNO4S/c18-14-9-5-4-8-13(14)16(20)19-15(17(21)22)10-11-24(23)12-6-2-1-3-7-12/h1-9,15H,10-11H2,(H,19,20)(H,21,22)/t15-,24+/m1/s1. The number of hydrogen-bond donors (Lipinski definition) is 2. The molecule has 2 N–H and O–H groups in total. The lowest BCUT2D eigenvalue weighted by Crippen LogP contribution is -2.41. The van der Waals surface area contributed by atoms with Crippen LogP contribution in [-0.2, 0) is 15.6 Å². The van der Waals surface area contributed by atoms with Gasteiger partial charge in [0.25, 0.3) is 5.91 Å². The lowest BCUT2D eigenvalue weighted by atomic mass is 10.1. The summed E-state index contributed by atoms with van der Waals surface area (Å²) < 4.78 is 12.2. The fraction of sp³-hybridized carbons (Fsp3) is 0.176. The molecule has 0 unspecified atom stereocenters. The number of hydrogen-bond acceptors (Lipinski definition) is 3. The van der Waals surface area contributed by atoms with Crippen LogP contribution in [0.4, 0.5) is 0 Å². The lowest BCUT2D eigenvalue weighted by molar-refractivity contribution is -0.139. The van der Waals surface area contributed by atoms with Crippen LogP contribution in [0, 0.1) is 0 Å². The van der Waals surface area contributed by atoms with E-state index in [1.165, 1.54) is 6.07 Å². The van der Waals surface area contributed by atoms with Gasteiger partial charge in [0.2, 0.25) is 0 Å². The summed E-state index contributed by atoms with van der Waals surface area (Å²) in [4.78, 5) is 24.1. The third kappa shape index (κ3) is 4.91. The second-order valence-corrected chi connectivity index (χ2v) is 6.97. The van der Waals surface area contributed by atoms with Crippen LogP contribution in [-0.4, -0.2) is 33.0 Å². The van der Waals surface area contributed by atoms with E-state index in [2.05, 4.69) is 5.32 Å². The Hall–Kier alpha value is -2.18. The van der Waals surface area contributed by atoms with Gasteiger partial charge in [0.15, 0.2) is 0 Å². The van der Waals surface area contributed by atoms with Gasteiger partial charge in [0, 0.05) is 10.6 Å². The van der Waals surface area contributed by atoms with Gasteiger partial charge in [0.1, 0.15) is 6.04 Å². The zero-order valence-electron chi connectivity index (χ0n) is 12.6. The molecule has 126 valence electrons. The van der Waals surface area contributed by atoms with Gasteiger partial charge in [-0.25, -0.2) is 4.79 Å². The van der Waals surface area contributed by atoms with Crippen molar-refractivity contribution in [2.75, 3.05) is 5.75 Å². The number of amides is 1. The number of carbonyl (C=O) groups excluding carboxylic acids is 1. The minimum Gasteiger partial charge on any atom is -0.480 e. The Morgan fingerprint density at radius 3 is 2.33 bits per heavy atom. The molecule has 0 aliphatic heterocycles. The number of carbonyl (C=O) groups is 2. The molecule has 5 nitrogen and oxygen atoms in total. The highest BCUT2D eigenvalue weighted by molar-refractivity contribution is 7.85. The van der Waals surface area contributed by atoms with Gasteiger partial charge in [-0.05, 0) is 30.7 Å². The van der Waals surface area contributed by atoms with Crippen molar-refractivity contribution < 1.29 is 18.9 Å². The maximum absolute atomic E-state index is 12.2. The maximum atomic E-state index is 12.2. The predicted molar refractivity (Wildman–Crippen MR) is 92.7 cm³/mol. The number of halogens is 1. The van der Waals surface area contributed by atoms with E-state index in [1.54, 1.807) is 42.5 Å². The second kappa shape index (κ2) is 8.61. The van der Waals surface area contributed by atoms with Gasteiger partial charge in [-0.15, -0.1) is 0 Å². The van der Waals surface area contributed by atoms with Crippen LogP contribution < -0.4 is 5.32 Å². The van der Waals surface area contributed by atoms with Gasteiger partial charge in [-0.1, -0.05) is 41.9 Å². The summed E-state index contributed by atoms with van der Waals surface area (Å²) in [6.45, 7) is 0. The summed E-state index contributed by atoms with van der Waals surface area (Å²) in [6.07, 6.45) is 0.0486. The van der Waals surface area contributed by atoms with Gasteiger partial charge in [-0.2, -0.15) is 0 Å². The zero-order valence-corrected chi connectivity index (χ0v) is 14.2. The highest BCUT2D eigenvalue weighted by Crippen LogP contribution is 2.15. The molecule has 0 heterocycles. The first kappa shape index (κ1) is 18.2. The molecule has 7 heteroatoms. The zero-order chi connectivity index (χ0) is 17.5. The molecule has 0 fully saturated rings. The molecule has 24 heavy (non-hydrogen) atoms. The Balaban J connectivity index is 2.00. The summed E-state index contributed by atoms with van der Waals surface area (Å²) in [5.74, 6) is -1.62. The average molecular weight is 366 g/mol. The smallest absolute Gasteiger partial charge is 0.326 e. The van der Waals surface area contributed by atoms with Crippen LogP contribution >= 0.6 is 11.6 Å². The molecule has 0 spiro atoms. The topological polar surface area (TPSA) is 83.5 Å². The number of carboxylic acid groups (broad SMARTS) is 1. The third-order valence-corrected chi connectivity index (χ3v) is 5.05. The van der Waals surface area contributed by atoms with Crippen molar-refractivity contribution in [3.05, 3.63) is 65.2 Å². The van der Waals surface area contributed by atoms with E-state index < -0.39 is 28.7 Å². The number of carboxylic acids is 1. The molecule has 2 atom stereocenters. The predicted octanol–water partition coefficient (Wildman–Crippen LogP) is 2.72. The van der Waals surface area contributed by atoms with Crippen molar-refractivity contribution in [2.24, 2.45) is 0 Å². The summed E-state index contributed by atoms with van der Waals surface area (Å²) >= 11 is 5.93. The minimum atomic E-state index is -1.32. The van der Waals surface area contributed by atoms with Crippen LogP contribution in [0.5, 0.6) is 0 Å².